The van der Waals surface area contributed by atoms with Gasteiger partial charge in [-0.1, -0.05) is 0 Å². The number of nitrogens with one attached hydrogen (secondary N) is 1. The van der Waals surface area contributed by atoms with Gasteiger partial charge >= 0.3 is 0 Å². The largest absolute Gasteiger partial charge is 0.336 e. The fraction of sp³-hybridized carbons (Fsp3) is 0. The van der Waals surface area contributed by atoms with Crippen molar-refractivity contribution >= 4 is 27.8 Å². The predicted molar refractivity (Wildman–Crippen MR) is 62.6 cm³/mol. The Labute approximate surface area is 95.0 Å². The quantitative estimate of drug-likeness (QED) is 0.687. The summed E-state index contributed by atoms with van der Waals surface area (Å²) in [4.78, 5) is 21.8. The van der Waals surface area contributed by atoms with E-state index in [1.54, 1.807) is 11.3 Å². The third-order valence-corrected chi connectivity index (χ3v) is 3.14. The Morgan fingerprint density at radius 2 is 2.25 bits per heavy atom. The maximum atomic E-state index is 10.5. The normalized spacial score (nSPS) is 10.8. The van der Waals surface area contributed by atoms with E-state index in [9.17, 15) is 4.79 Å². The minimum atomic E-state index is 0.480. The van der Waals surface area contributed by atoms with Gasteiger partial charge in [-0.15, -0.1) is 11.3 Å². The first-order valence-electron chi connectivity index (χ1n) is 4.70. The second kappa shape index (κ2) is 3.53. The number of rotatable bonds is 2. The molecule has 0 radical (unpaired) electrons. The second-order valence-electron chi connectivity index (χ2n) is 3.34. The minimum absolute atomic E-state index is 0.480. The first-order valence-corrected chi connectivity index (χ1v) is 5.58. The van der Waals surface area contributed by atoms with Crippen LogP contribution in [-0.2, 0) is 0 Å². The van der Waals surface area contributed by atoms with E-state index < -0.39 is 0 Å². The zero-order valence-corrected chi connectivity index (χ0v) is 8.99. The Balaban J connectivity index is 2.13. The molecule has 0 aliphatic rings. The lowest BCUT2D eigenvalue weighted by atomic mass is 10.2. The fourth-order valence-corrected chi connectivity index (χ4v) is 2.21. The number of nitrogens with zero attached hydrogens (tertiary/aromatic N) is 2. The number of H-pyrrole nitrogens is 1. The highest BCUT2D eigenvalue weighted by Gasteiger charge is 2.05. The number of carbonyl (C=O) groups excluding carboxylic acids is 1. The van der Waals surface area contributed by atoms with Gasteiger partial charge in [0.15, 0.2) is 6.29 Å². The smallest absolute Gasteiger partial charge is 0.167 e. The number of hydrogen-bond donors (Lipinski definition) is 1. The minimum Gasteiger partial charge on any atom is -0.336 e. The van der Waals surface area contributed by atoms with Crippen LogP contribution in [0.2, 0.25) is 0 Å². The fourth-order valence-electron chi connectivity index (χ4n) is 1.55. The Kier molecular flexibility index (Phi) is 2.04. The number of imidazole rings is 1. The average Bonchev–Trinajstić information content (AvgIpc) is 2.96. The van der Waals surface area contributed by atoms with Gasteiger partial charge in [-0.25, -0.2) is 9.97 Å². The molecule has 3 rings (SSSR count). The van der Waals surface area contributed by atoms with Crippen LogP contribution >= 0.6 is 11.3 Å². The van der Waals surface area contributed by atoms with Crippen molar-refractivity contribution in [3.8, 4) is 11.4 Å². The predicted octanol–water partition coefficient (Wildman–Crippen LogP) is 2.50. The molecule has 78 valence electrons. The van der Waals surface area contributed by atoms with Crippen molar-refractivity contribution in [2.24, 2.45) is 0 Å². The molecule has 16 heavy (non-hydrogen) atoms. The lowest BCUT2D eigenvalue weighted by molar-refractivity contribution is 0.111. The van der Waals surface area contributed by atoms with Crippen molar-refractivity contribution in [3.05, 3.63) is 35.6 Å². The van der Waals surface area contributed by atoms with Crippen molar-refractivity contribution in [3.63, 3.8) is 0 Å². The molecule has 0 atom stereocenters. The van der Waals surface area contributed by atoms with Crippen molar-refractivity contribution in [1.82, 2.24) is 15.0 Å². The van der Waals surface area contributed by atoms with E-state index in [1.165, 1.54) is 6.20 Å². The molecule has 0 bridgehead atoms. The van der Waals surface area contributed by atoms with Crippen LogP contribution in [0.4, 0.5) is 0 Å². The molecule has 0 amide bonds. The van der Waals surface area contributed by atoms with Gasteiger partial charge in [-0.2, -0.15) is 0 Å². The summed E-state index contributed by atoms with van der Waals surface area (Å²) < 4.78 is 1.14. The molecule has 3 aromatic rings. The van der Waals surface area contributed by atoms with Gasteiger partial charge in [0.05, 0.1) is 27.6 Å². The number of aldehydes is 1. The Hall–Kier alpha value is -2.01. The van der Waals surface area contributed by atoms with Crippen LogP contribution in [0.3, 0.4) is 0 Å². The molecule has 0 aliphatic heterocycles. The summed E-state index contributed by atoms with van der Waals surface area (Å²) in [5, 5.41) is 0. The second-order valence-corrected chi connectivity index (χ2v) is 4.23. The number of aromatic nitrogens is 3. The summed E-state index contributed by atoms with van der Waals surface area (Å²) in [5.74, 6) is 0.692. The summed E-state index contributed by atoms with van der Waals surface area (Å²) >= 11 is 1.60. The molecule has 0 aliphatic carbocycles. The SMILES string of the molecule is O=Cc1cnc(-c2ccc3scnc3c2)[nH]1. The van der Waals surface area contributed by atoms with Gasteiger partial charge in [0, 0.05) is 5.56 Å². The molecule has 0 fully saturated rings. The van der Waals surface area contributed by atoms with Crippen LogP contribution in [0.5, 0.6) is 0 Å². The molecule has 0 saturated carbocycles. The van der Waals surface area contributed by atoms with E-state index in [0.717, 1.165) is 22.1 Å². The molecule has 5 heteroatoms. The number of thiazole rings is 1. The molecule has 0 spiro atoms. The van der Waals surface area contributed by atoms with Crippen LogP contribution < -0.4 is 0 Å². The first-order chi connectivity index (χ1) is 7.86. The molecule has 0 saturated heterocycles. The van der Waals surface area contributed by atoms with E-state index >= 15 is 0 Å². The zero-order chi connectivity index (χ0) is 11.0. The van der Waals surface area contributed by atoms with Crippen molar-refractivity contribution < 1.29 is 4.79 Å². The Bertz CT molecular complexity index is 656. The van der Waals surface area contributed by atoms with Crippen molar-refractivity contribution in [2.45, 2.75) is 0 Å². The molecular formula is C11H7N3OS. The summed E-state index contributed by atoms with van der Waals surface area (Å²) in [6.45, 7) is 0. The number of carbonyl (C=O) groups is 1. The van der Waals surface area contributed by atoms with Gasteiger partial charge in [0.1, 0.15) is 5.82 Å². The van der Waals surface area contributed by atoms with Crippen molar-refractivity contribution in [2.75, 3.05) is 0 Å². The molecule has 2 aromatic heterocycles. The summed E-state index contributed by atoms with van der Waals surface area (Å²) in [6, 6.07) is 5.93. The van der Waals surface area contributed by atoms with Gasteiger partial charge in [-0.3, -0.25) is 4.79 Å². The molecule has 2 heterocycles. The number of hydrogen-bond acceptors (Lipinski definition) is 4. The number of fused-ring (bicyclic) bond motifs is 1. The number of benzene rings is 1. The van der Waals surface area contributed by atoms with Crippen LogP contribution in [0.15, 0.2) is 29.9 Å². The lowest BCUT2D eigenvalue weighted by Gasteiger charge is -1.95. The van der Waals surface area contributed by atoms with Crippen LogP contribution in [0, 0.1) is 0 Å². The van der Waals surface area contributed by atoms with E-state index in [1.807, 2.05) is 23.7 Å². The maximum Gasteiger partial charge on any atom is 0.167 e. The van der Waals surface area contributed by atoms with Gasteiger partial charge in [0.25, 0.3) is 0 Å². The van der Waals surface area contributed by atoms with Crippen LogP contribution in [0.1, 0.15) is 10.5 Å². The van der Waals surface area contributed by atoms with E-state index in [2.05, 4.69) is 15.0 Å². The summed E-state index contributed by atoms with van der Waals surface area (Å²) in [7, 11) is 0. The van der Waals surface area contributed by atoms with E-state index in [-0.39, 0.29) is 0 Å². The van der Waals surface area contributed by atoms with Crippen molar-refractivity contribution in [1.29, 1.82) is 0 Å². The van der Waals surface area contributed by atoms with Gasteiger partial charge in [0.2, 0.25) is 0 Å². The van der Waals surface area contributed by atoms with Gasteiger partial charge < -0.3 is 4.98 Å². The third kappa shape index (κ3) is 1.42. The highest BCUT2D eigenvalue weighted by atomic mass is 32.1. The van der Waals surface area contributed by atoms with Crippen LogP contribution in [0.25, 0.3) is 21.6 Å². The molecule has 1 N–H and O–H groups in total. The summed E-state index contributed by atoms with van der Waals surface area (Å²) in [5.41, 5.74) is 4.18. The maximum absolute atomic E-state index is 10.5. The lowest BCUT2D eigenvalue weighted by Crippen LogP contribution is -1.82. The molecule has 0 unspecified atom stereocenters. The molecule has 1 aromatic carbocycles. The summed E-state index contributed by atoms with van der Waals surface area (Å²) in [6.07, 6.45) is 2.27. The molecular weight excluding hydrogens is 222 g/mol. The Morgan fingerprint density at radius 3 is 3.06 bits per heavy atom. The zero-order valence-electron chi connectivity index (χ0n) is 8.18. The third-order valence-electron chi connectivity index (χ3n) is 2.33. The first kappa shape index (κ1) is 9.23. The Morgan fingerprint density at radius 1 is 1.31 bits per heavy atom. The van der Waals surface area contributed by atoms with E-state index in [4.69, 9.17) is 0 Å². The monoisotopic (exact) mass is 229 g/mol. The topological polar surface area (TPSA) is 58.6 Å². The van der Waals surface area contributed by atoms with E-state index in [0.29, 0.717) is 11.5 Å². The number of aromatic amines is 1. The highest BCUT2D eigenvalue weighted by Crippen LogP contribution is 2.23. The standard InChI is InChI=1S/C11H7N3OS/c15-5-8-4-12-11(14-8)7-1-2-10-9(3-7)13-6-16-10/h1-6H,(H,12,14). The average molecular weight is 229 g/mol. The van der Waals surface area contributed by atoms with Gasteiger partial charge in [-0.05, 0) is 18.2 Å². The van der Waals surface area contributed by atoms with Crippen LogP contribution in [-0.4, -0.2) is 21.2 Å². The highest BCUT2D eigenvalue weighted by molar-refractivity contribution is 7.16. The molecule has 4 nitrogen and oxygen atoms in total.